The van der Waals surface area contributed by atoms with Crippen molar-refractivity contribution in [3.05, 3.63) is 52.7 Å². The summed E-state index contributed by atoms with van der Waals surface area (Å²) in [5.41, 5.74) is 1.75. The molecule has 2 N–H and O–H groups in total. The third-order valence-corrected chi connectivity index (χ3v) is 3.72. The lowest BCUT2D eigenvalue weighted by Crippen LogP contribution is -2.24. The fourth-order valence-electron chi connectivity index (χ4n) is 2.50. The molecule has 0 aliphatic heterocycles. The number of rotatable bonds is 6. The van der Waals surface area contributed by atoms with E-state index in [2.05, 4.69) is 20.4 Å². The Morgan fingerprint density at radius 3 is 2.46 bits per heavy atom. The van der Waals surface area contributed by atoms with Gasteiger partial charge in [-0.25, -0.2) is 4.98 Å². The van der Waals surface area contributed by atoms with Crippen molar-refractivity contribution in [2.24, 2.45) is 0 Å². The average Bonchev–Trinajstić information content (AvgIpc) is 2.57. The van der Waals surface area contributed by atoms with Gasteiger partial charge >= 0.3 is 6.36 Å². The predicted molar refractivity (Wildman–Crippen MR) is 96.9 cm³/mol. The second-order valence-electron chi connectivity index (χ2n) is 6.12. The van der Waals surface area contributed by atoms with Gasteiger partial charge in [-0.2, -0.15) is 0 Å². The van der Waals surface area contributed by atoms with Crippen molar-refractivity contribution in [2.45, 2.75) is 40.1 Å². The highest BCUT2D eigenvalue weighted by Crippen LogP contribution is 2.25. The van der Waals surface area contributed by atoms with Gasteiger partial charge in [-0.15, -0.1) is 13.2 Å². The fraction of sp³-hybridized carbons (Fsp3) is 0.316. The number of aromatic nitrogens is 1. The van der Waals surface area contributed by atoms with Crippen LogP contribution in [0.5, 0.6) is 5.75 Å². The van der Waals surface area contributed by atoms with Gasteiger partial charge in [-0.3, -0.25) is 9.59 Å². The number of aryl methyl sites for hydroxylation is 2. The summed E-state index contributed by atoms with van der Waals surface area (Å²) in [6.07, 6.45) is -4.48. The monoisotopic (exact) mass is 395 g/mol. The molecule has 6 nitrogen and oxygen atoms in total. The highest BCUT2D eigenvalue weighted by molar-refractivity contribution is 5.96. The molecule has 0 aliphatic carbocycles. The van der Waals surface area contributed by atoms with E-state index in [1.807, 2.05) is 0 Å². The van der Waals surface area contributed by atoms with Crippen LogP contribution in [0.15, 0.2) is 30.3 Å². The molecule has 2 rings (SSSR count). The number of carbonyl (C=O) groups is 2. The van der Waals surface area contributed by atoms with E-state index < -0.39 is 12.3 Å². The van der Waals surface area contributed by atoms with Crippen LogP contribution in [0.25, 0.3) is 0 Å². The molecule has 2 aromatic rings. The van der Waals surface area contributed by atoms with Crippen molar-refractivity contribution in [3.8, 4) is 5.75 Å². The molecule has 0 saturated carbocycles. The number of nitrogens with one attached hydrogen (secondary N) is 2. The molecular weight excluding hydrogens is 375 g/mol. The minimum atomic E-state index is -4.79. The number of alkyl halides is 3. The number of benzene rings is 1. The van der Waals surface area contributed by atoms with Crippen LogP contribution in [-0.4, -0.2) is 23.2 Å². The van der Waals surface area contributed by atoms with Crippen LogP contribution < -0.4 is 15.4 Å². The minimum absolute atomic E-state index is 0.0164. The fourth-order valence-corrected chi connectivity index (χ4v) is 2.50. The summed E-state index contributed by atoms with van der Waals surface area (Å²) in [5.74, 6) is -0.627. The highest BCUT2D eigenvalue weighted by Gasteiger charge is 2.31. The van der Waals surface area contributed by atoms with Crippen LogP contribution in [0.1, 0.15) is 40.5 Å². The van der Waals surface area contributed by atoms with Crippen molar-refractivity contribution in [1.29, 1.82) is 0 Å². The van der Waals surface area contributed by atoms with Gasteiger partial charge < -0.3 is 15.4 Å². The average molecular weight is 395 g/mol. The topological polar surface area (TPSA) is 80.3 Å². The number of carbonyl (C=O) groups excluding carboxylic acids is 2. The summed E-state index contributed by atoms with van der Waals surface area (Å²) in [6, 6.07) is 7.16. The summed E-state index contributed by atoms with van der Waals surface area (Å²) in [4.78, 5) is 27.9. The van der Waals surface area contributed by atoms with Crippen LogP contribution in [0.3, 0.4) is 0 Å². The first kappa shape index (κ1) is 21.2. The van der Waals surface area contributed by atoms with Crippen molar-refractivity contribution in [1.82, 2.24) is 10.3 Å². The van der Waals surface area contributed by atoms with Gasteiger partial charge in [0.25, 0.3) is 5.91 Å². The Kier molecular flexibility index (Phi) is 6.61. The van der Waals surface area contributed by atoms with E-state index in [1.54, 1.807) is 26.8 Å². The van der Waals surface area contributed by atoms with Crippen LogP contribution in [0, 0.1) is 13.8 Å². The summed E-state index contributed by atoms with van der Waals surface area (Å²) in [7, 11) is 0. The molecule has 2 amide bonds. The van der Waals surface area contributed by atoms with Crippen molar-refractivity contribution in [3.63, 3.8) is 0 Å². The van der Waals surface area contributed by atoms with Gasteiger partial charge in [-0.1, -0.05) is 13.0 Å². The number of halogens is 3. The summed E-state index contributed by atoms with van der Waals surface area (Å²) >= 11 is 0. The number of nitrogens with zero attached hydrogens (tertiary/aromatic N) is 1. The van der Waals surface area contributed by atoms with Gasteiger partial charge in [0.15, 0.2) is 0 Å². The standard InChI is InChI=1S/C19H20F3N3O3/c1-4-17(26)25-16-6-5-15(12(3)24-16)18(27)23-10-13-7-11(2)8-14(9-13)28-19(20,21)22/h5-9H,4,10H2,1-3H3,(H,23,27)(H,24,25,26). The molecule has 0 aliphatic rings. The first-order chi connectivity index (χ1) is 13.1. The molecule has 0 atom stereocenters. The molecular formula is C19H20F3N3O3. The smallest absolute Gasteiger partial charge is 0.406 e. The van der Waals surface area contributed by atoms with Crippen LogP contribution in [-0.2, 0) is 11.3 Å². The lowest BCUT2D eigenvalue weighted by atomic mass is 10.1. The van der Waals surface area contributed by atoms with E-state index >= 15 is 0 Å². The molecule has 1 aromatic heterocycles. The Labute approximate surface area is 160 Å². The van der Waals surface area contributed by atoms with Crippen molar-refractivity contribution >= 4 is 17.6 Å². The number of anilines is 1. The lowest BCUT2D eigenvalue weighted by Gasteiger charge is -2.13. The largest absolute Gasteiger partial charge is 0.573 e. The van der Waals surface area contributed by atoms with E-state index in [0.717, 1.165) is 0 Å². The third kappa shape index (κ3) is 6.26. The Morgan fingerprint density at radius 1 is 1.14 bits per heavy atom. The minimum Gasteiger partial charge on any atom is -0.406 e. The van der Waals surface area contributed by atoms with E-state index in [-0.39, 0.29) is 18.2 Å². The van der Waals surface area contributed by atoms with Gasteiger partial charge in [-0.05, 0) is 49.2 Å². The molecule has 0 radical (unpaired) electrons. The van der Waals surface area contributed by atoms with E-state index in [4.69, 9.17) is 0 Å². The zero-order valence-corrected chi connectivity index (χ0v) is 15.6. The highest BCUT2D eigenvalue weighted by atomic mass is 19.4. The number of hydrogen-bond acceptors (Lipinski definition) is 4. The SMILES string of the molecule is CCC(=O)Nc1ccc(C(=O)NCc2cc(C)cc(OC(F)(F)F)c2)c(C)n1. The zero-order chi connectivity index (χ0) is 20.9. The zero-order valence-electron chi connectivity index (χ0n) is 15.6. The van der Waals surface area contributed by atoms with E-state index in [9.17, 15) is 22.8 Å². The van der Waals surface area contributed by atoms with Gasteiger partial charge in [0.1, 0.15) is 11.6 Å². The van der Waals surface area contributed by atoms with Gasteiger partial charge in [0.05, 0.1) is 11.3 Å². The van der Waals surface area contributed by atoms with Gasteiger partial charge in [0, 0.05) is 13.0 Å². The number of amides is 2. The van der Waals surface area contributed by atoms with Crippen LogP contribution in [0.2, 0.25) is 0 Å². The summed E-state index contributed by atoms with van der Waals surface area (Å²) in [6.45, 7) is 4.98. The number of hydrogen-bond donors (Lipinski definition) is 2. The number of pyridine rings is 1. The maximum atomic E-state index is 12.4. The van der Waals surface area contributed by atoms with Crippen molar-refractivity contribution in [2.75, 3.05) is 5.32 Å². The molecule has 0 fully saturated rings. The van der Waals surface area contributed by atoms with Crippen LogP contribution in [0.4, 0.5) is 19.0 Å². The Hall–Kier alpha value is -3.10. The van der Waals surface area contributed by atoms with E-state index in [0.29, 0.717) is 34.6 Å². The molecule has 0 spiro atoms. The first-order valence-electron chi connectivity index (χ1n) is 8.49. The summed E-state index contributed by atoms with van der Waals surface area (Å²) in [5, 5.41) is 5.24. The maximum absolute atomic E-state index is 12.4. The van der Waals surface area contributed by atoms with Crippen LogP contribution >= 0.6 is 0 Å². The Morgan fingerprint density at radius 2 is 1.86 bits per heavy atom. The number of ether oxygens (including phenoxy) is 1. The molecule has 1 heterocycles. The molecule has 1 aromatic carbocycles. The van der Waals surface area contributed by atoms with Gasteiger partial charge in [0.2, 0.25) is 5.91 Å². The molecule has 0 bridgehead atoms. The molecule has 150 valence electrons. The maximum Gasteiger partial charge on any atom is 0.573 e. The quantitative estimate of drug-likeness (QED) is 0.778. The Bertz CT molecular complexity index is 882. The third-order valence-electron chi connectivity index (χ3n) is 3.72. The molecule has 28 heavy (non-hydrogen) atoms. The Balaban J connectivity index is 2.07. The molecule has 0 unspecified atom stereocenters. The second-order valence-corrected chi connectivity index (χ2v) is 6.12. The molecule has 0 saturated heterocycles. The second kappa shape index (κ2) is 8.73. The summed E-state index contributed by atoms with van der Waals surface area (Å²) < 4.78 is 41.1. The first-order valence-corrected chi connectivity index (χ1v) is 8.49. The normalized spacial score (nSPS) is 11.1. The molecule has 9 heteroatoms. The lowest BCUT2D eigenvalue weighted by molar-refractivity contribution is -0.274. The van der Waals surface area contributed by atoms with E-state index in [1.165, 1.54) is 24.3 Å². The predicted octanol–water partition coefficient (Wildman–Crippen LogP) is 3.88. The van der Waals surface area contributed by atoms with Crippen molar-refractivity contribution < 1.29 is 27.5 Å².